The monoisotopic (exact) mass is 353 g/mol. The molecule has 0 saturated carbocycles. The van der Waals surface area contributed by atoms with Crippen LogP contribution in [0.3, 0.4) is 0 Å². The zero-order valence-electron chi connectivity index (χ0n) is 15.3. The van der Waals surface area contributed by atoms with Crippen LogP contribution in [0, 0.1) is 11.3 Å². The molecule has 7 heteroatoms. The summed E-state index contributed by atoms with van der Waals surface area (Å²) in [6, 6.07) is 9.55. The molecule has 0 spiro atoms. The van der Waals surface area contributed by atoms with Crippen molar-refractivity contribution >= 4 is 22.8 Å². The van der Waals surface area contributed by atoms with Gasteiger partial charge in [0.2, 0.25) is 0 Å². The lowest BCUT2D eigenvalue weighted by Gasteiger charge is -2.34. The Kier molecular flexibility index (Phi) is 5.33. The normalized spacial score (nSPS) is 16.5. The lowest BCUT2D eigenvalue weighted by Crippen LogP contribution is -2.45. The Labute approximate surface area is 153 Å². The van der Waals surface area contributed by atoms with E-state index in [9.17, 15) is 10.1 Å². The number of piperazine rings is 1. The molecule has 1 saturated heterocycles. The Hall–Kier alpha value is -2.72. The number of rotatable bonds is 4. The molecule has 136 valence electrons. The van der Waals surface area contributed by atoms with Crippen LogP contribution < -0.4 is 4.90 Å². The number of carbonyl (C=O) groups excluding carboxylic acids is 1. The van der Waals surface area contributed by atoms with Crippen LogP contribution in [0.25, 0.3) is 11.0 Å². The summed E-state index contributed by atoms with van der Waals surface area (Å²) in [4.78, 5) is 26.2. The SMILES string of the molecule is CC(C)OC(=O)C(C#N)c1nc2ccccc2nc1N1CCN(C)CC1. The van der Waals surface area contributed by atoms with E-state index in [0.717, 1.165) is 31.7 Å². The Bertz CT molecular complexity index is 837. The highest BCUT2D eigenvalue weighted by atomic mass is 16.5. The highest BCUT2D eigenvalue weighted by Crippen LogP contribution is 2.28. The van der Waals surface area contributed by atoms with Crippen molar-refractivity contribution in [2.45, 2.75) is 25.9 Å². The van der Waals surface area contributed by atoms with Crippen molar-refractivity contribution in [1.82, 2.24) is 14.9 Å². The first kappa shape index (κ1) is 18.1. The molecule has 0 radical (unpaired) electrons. The number of ether oxygens (including phenoxy) is 1. The molecule has 26 heavy (non-hydrogen) atoms. The van der Waals surface area contributed by atoms with Gasteiger partial charge in [0.1, 0.15) is 5.69 Å². The van der Waals surface area contributed by atoms with Crippen LogP contribution in [-0.2, 0) is 9.53 Å². The van der Waals surface area contributed by atoms with Crippen LogP contribution in [0.5, 0.6) is 0 Å². The molecule has 3 rings (SSSR count). The van der Waals surface area contributed by atoms with Gasteiger partial charge < -0.3 is 14.5 Å². The fourth-order valence-electron chi connectivity index (χ4n) is 2.97. The van der Waals surface area contributed by atoms with Crippen LogP contribution in [0.4, 0.5) is 5.82 Å². The van der Waals surface area contributed by atoms with E-state index in [1.165, 1.54) is 0 Å². The first-order valence-electron chi connectivity index (χ1n) is 8.80. The van der Waals surface area contributed by atoms with E-state index in [1.54, 1.807) is 13.8 Å². The largest absolute Gasteiger partial charge is 0.462 e. The minimum atomic E-state index is -1.09. The van der Waals surface area contributed by atoms with Gasteiger partial charge in [0.15, 0.2) is 11.7 Å². The van der Waals surface area contributed by atoms with Gasteiger partial charge in [-0.2, -0.15) is 5.26 Å². The number of carbonyl (C=O) groups is 1. The number of benzene rings is 1. The van der Waals surface area contributed by atoms with Crippen molar-refractivity contribution < 1.29 is 9.53 Å². The van der Waals surface area contributed by atoms with E-state index in [-0.39, 0.29) is 6.10 Å². The maximum Gasteiger partial charge on any atom is 0.329 e. The molecule has 1 aromatic carbocycles. The van der Waals surface area contributed by atoms with Gasteiger partial charge in [-0.3, -0.25) is 4.79 Å². The number of fused-ring (bicyclic) bond motifs is 1. The average molecular weight is 353 g/mol. The van der Waals surface area contributed by atoms with Gasteiger partial charge >= 0.3 is 5.97 Å². The maximum atomic E-state index is 12.5. The number of aromatic nitrogens is 2. The molecule has 2 aromatic rings. The molecule has 1 unspecified atom stereocenters. The lowest BCUT2D eigenvalue weighted by atomic mass is 10.1. The molecule has 1 aliphatic rings. The highest BCUT2D eigenvalue weighted by Gasteiger charge is 2.31. The number of para-hydroxylation sites is 2. The van der Waals surface area contributed by atoms with Gasteiger partial charge in [0.25, 0.3) is 0 Å². The van der Waals surface area contributed by atoms with Crippen molar-refractivity contribution in [1.29, 1.82) is 5.26 Å². The van der Waals surface area contributed by atoms with E-state index in [1.807, 2.05) is 24.3 Å². The third-order valence-corrected chi connectivity index (χ3v) is 4.37. The highest BCUT2D eigenvalue weighted by molar-refractivity contribution is 5.85. The Morgan fingerprint density at radius 2 is 1.77 bits per heavy atom. The van der Waals surface area contributed by atoms with Gasteiger partial charge in [0.05, 0.1) is 23.2 Å². The first-order chi connectivity index (χ1) is 12.5. The first-order valence-corrected chi connectivity index (χ1v) is 8.80. The van der Waals surface area contributed by atoms with E-state index >= 15 is 0 Å². The van der Waals surface area contributed by atoms with Crippen LogP contribution in [0.1, 0.15) is 25.5 Å². The summed E-state index contributed by atoms with van der Waals surface area (Å²) in [6.45, 7) is 6.85. The molecule has 1 aromatic heterocycles. The molecule has 0 bridgehead atoms. The zero-order chi connectivity index (χ0) is 18.7. The molecular weight excluding hydrogens is 330 g/mol. The molecular formula is C19H23N5O2. The molecule has 7 nitrogen and oxygen atoms in total. The topological polar surface area (TPSA) is 82.3 Å². The van der Waals surface area contributed by atoms with Crippen molar-refractivity contribution in [2.75, 3.05) is 38.1 Å². The van der Waals surface area contributed by atoms with Crippen molar-refractivity contribution in [3.05, 3.63) is 30.0 Å². The average Bonchev–Trinajstić information content (AvgIpc) is 2.62. The number of likely N-dealkylation sites (N-methyl/N-ethyl adjacent to an activating group) is 1. The smallest absolute Gasteiger partial charge is 0.329 e. The predicted octanol–water partition coefficient (Wildman–Crippen LogP) is 1.94. The number of esters is 1. The second kappa shape index (κ2) is 7.67. The summed E-state index contributed by atoms with van der Waals surface area (Å²) >= 11 is 0. The number of hydrogen-bond acceptors (Lipinski definition) is 7. The summed E-state index contributed by atoms with van der Waals surface area (Å²) in [6.07, 6.45) is -0.293. The molecule has 0 aliphatic carbocycles. The zero-order valence-corrected chi connectivity index (χ0v) is 15.3. The summed E-state index contributed by atoms with van der Waals surface area (Å²) < 4.78 is 5.27. The second-order valence-corrected chi connectivity index (χ2v) is 6.76. The van der Waals surface area contributed by atoms with Gasteiger partial charge in [0, 0.05) is 26.2 Å². The molecule has 1 fully saturated rings. The number of nitrogens with zero attached hydrogens (tertiary/aromatic N) is 5. The van der Waals surface area contributed by atoms with E-state index in [0.29, 0.717) is 17.0 Å². The van der Waals surface area contributed by atoms with Gasteiger partial charge in [-0.15, -0.1) is 0 Å². The Morgan fingerprint density at radius 3 is 2.35 bits per heavy atom. The Balaban J connectivity index is 2.07. The summed E-state index contributed by atoms with van der Waals surface area (Å²) in [5.41, 5.74) is 1.79. The predicted molar refractivity (Wildman–Crippen MR) is 98.8 cm³/mol. The standard InChI is InChI=1S/C19H23N5O2/c1-13(2)26-19(25)14(12-20)17-18(24-10-8-23(3)9-11-24)22-16-7-5-4-6-15(16)21-17/h4-7,13-14H,8-11H2,1-3H3. The summed E-state index contributed by atoms with van der Waals surface area (Å²) in [5.74, 6) is -1.07. The maximum absolute atomic E-state index is 12.5. The number of nitriles is 1. The number of anilines is 1. The van der Waals surface area contributed by atoms with Crippen LogP contribution in [0.2, 0.25) is 0 Å². The number of hydrogen-bond donors (Lipinski definition) is 0. The third kappa shape index (κ3) is 3.75. The fraction of sp³-hybridized carbons (Fsp3) is 0.474. The van der Waals surface area contributed by atoms with Crippen molar-refractivity contribution in [3.63, 3.8) is 0 Å². The minimum absolute atomic E-state index is 0.293. The van der Waals surface area contributed by atoms with Gasteiger partial charge in [-0.1, -0.05) is 12.1 Å². The van der Waals surface area contributed by atoms with Crippen molar-refractivity contribution in [3.8, 4) is 6.07 Å². The molecule has 0 amide bonds. The second-order valence-electron chi connectivity index (χ2n) is 6.76. The minimum Gasteiger partial charge on any atom is -0.462 e. The van der Waals surface area contributed by atoms with Crippen molar-refractivity contribution in [2.24, 2.45) is 0 Å². The van der Waals surface area contributed by atoms with Crippen LogP contribution in [-0.4, -0.2) is 60.2 Å². The molecule has 1 aliphatic heterocycles. The summed E-state index contributed by atoms with van der Waals surface area (Å²) in [7, 11) is 2.07. The van der Waals surface area contributed by atoms with E-state index in [2.05, 4.69) is 27.9 Å². The lowest BCUT2D eigenvalue weighted by molar-refractivity contribution is -0.147. The van der Waals surface area contributed by atoms with E-state index < -0.39 is 11.9 Å². The van der Waals surface area contributed by atoms with Gasteiger partial charge in [-0.25, -0.2) is 9.97 Å². The molecule has 1 atom stereocenters. The van der Waals surface area contributed by atoms with E-state index in [4.69, 9.17) is 9.72 Å². The van der Waals surface area contributed by atoms with Crippen LogP contribution in [0.15, 0.2) is 24.3 Å². The van der Waals surface area contributed by atoms with Gasteiger partial charge in [-0.05, 0) is 33.0 Å². The molecule has 2 heterocycles. The molecule has 0 N–H and O–H groups in total. The third-order valence-electron chi connectivity index (χ3n) is 4.37. The van der Waals surface area contributed by atoms with Crippen LogP contribution >= 0.6 is 0 Å². The fourth-order valence-corrected chi connectivity index (χ4v) is 2.97. The quantitative estimate of drug-likeness (QED) is 0.777. The summed E-state index contributed by atoms with van der Waals surface area (Å²) in [5, 5.41) is 9.65. The Morgan fingerprint density at radius 1 is 1.15 bits per heavy atom.